The fraction of sp³-hybridized carbons (Fsp3) is 0.375. The Balaban J connectivity index is 2.03. The Bertz CT molecular complexity index is 528. The highest BCUT2D eigenvalue weighted by Gasteiger charge is 2.22. The number of hydrogen-bond donors (Lipinski definition) is 1. The number of halogens is 1. The number of aryl methyl sites for hydroxylation is 1. The molecular weight excluding hydrogens is 259 g/mol. The van der Waals surface area contributed by atoms with Crippen LogP contribution < -0.4 is 0 Å². The molecule has 1 nitrogen and oxygen atoms in total. The van der Waals surface area contributed by atoms with Gasteiger partial charge in [-0.05, 0) is 43.2 Å². The zero-order valence-electron chi connectivity index (χ0n) is 11.3. The van der Waals surface area contributed by atoms with E-state index in [1.165, 1.54) is 21.9 Å². The smallest absolute Gasteiger partial charge is 0.123 e. The van der Waals surface area contributed by atoms with E-state index in [1.807, 2.05) is 6.92 Å². The molecule has 1 aromatic carbocycles. The van der Waals surface area contributed by atoms with Crippen molar-refractivity contribution in [1.29, 1.82) is 0 Å². The summed E-state index contributed by atoms with van der Waals surface area (Å²) in [6.07, 6.45) is 2.20. The minimum atomic E-state index is -0.798. The van der Waals surface area contributed by atoms with Crippen molar-refractivity contribution in [2.45, 2.75) is 38.7 Å². The summed E-state index contributed by atoms with van der Waals surface area (Å²) in [5, 5.41) is 10.5. The Morgan fingerprint density at radius 3 is 2.26 bits per heavy atom. The van der Waals surface area contributed by atoms with Gasteiger partial charge in [0.05, 0.1) is 5.60 Å². The predicted octanol–water partition coefficient (Wildman–Crippen LogP) is 3.99. The molecule has 0 amide bonds. The third kappa shape index (κ3) is 4.15. The number of hydrogen-bond acceptors (Lipinski definition) is 2. The fourth-order valence-electron chi connectivity index (χ4n) is 2.19. The quantitative estimate of drug-likeness (QED) is 0.877. The summed E-state index contributed by atoms with van der Waals surface area (Å²) in [7, 11) is 0. The van der Waals surface area contributed by atoms with E-state index in [-0.39, 0.29) is 5.82 Å². The third-order valence-electron chi connectivity index (χ3n) is 3.12. The minimum Gasteiger partial charge on any atom is -0.389 e. The van der Waals surface area contributed by atoms with Crippen molar-refractivity contribution in [3.05, 3.63) is 57.5 Å². The van der Waals surface area contributed by atoms with Crippen LogP contribution in [0.3, 0.4) is 0 Å². The first-order chi connectivity index (χ1) is 8.98. The van der Waals surface area contributed by atoms with Crippen molar-refractivity contribution < 1.29 is 9.50 Å². The van der Waals surface area contributed by atoms with Crippen molar-refractivity contribution in [3.63, 3.8) is 0 Å². The van der Waals surface area contributed by atoms with E-state index in [0.717, 1.165) is 12.0 Å². The summed E-state index contributed by atoms with van der Waals surface area (Å²) >= 11 is 1.75. The van der Waals surface area contributed by atoms with E-state index in [1.54, 1.807) is 23.5 Å². The Hall–Kier alpha value is -1.19. The van der Waals surface area contributed by atoms with Gasteiger partial charge >= 0.3 is 0 Å². The Labute approximate surface area is 117 Å². The van der Waals surface area contributed by atoms with Crippen LogP contribution in [0.2, 0.25) is 0 Å². The molecule has 0 bridgehead atoms. The zero-order valence-corrected chi connectivity index (χ0v) is 12.1. The summed E-state index contributed by atoms with van der Waals surface area (Å²) in [6, 6.07) is 10.5. The molecular formula is C16H19FOS. The molecule has 0 aliphatic rings. The maximum atomic E-state index is 12.8. The topological polar surface area (TPSA) is 20.2 Å². The Morgan fingerprint density at radius 1 is 1.05 bits per heavy atom. The van der Waals surface area contributed by atoms with Gasteiger partial charge in [0.2, 0.25) is 0 Å². The molecule has 1 atom stereocenters. The molecule has 0 fully saturated rings. The molecule has 0 aliphatic heterocycles. The second kappa shape index (κ2) is 5.85. The lowest BCUT2D eigenvalue weighted by Gasteiger charge is -2.22. The van der Waals surface area contributed by atoms with E-state index in [4.69, 9.17) is 0 Å². The SMILES string of the molecule is CCc1ccc(CC(C)(O)Cc2ccc(F)cc2)s1. The van der Waals surface area contributed by atoms with Gasteiger partial charge in [-0.2, -0.15) is 0 Å². The van der Waals surface area contributed by atoms with Crippen LogP contribution in [-0.4, -0.2) is 10.7 Å². The number of aliphatic hydroxyl groups is 1. The highest BCUT2D eigenvalue weighted by atomic mass is 32.1. The Morgan fingerprint density at radius 2 is 1.68 bits per heavy atom. The van der Waals surface area contributed by atoms with Gasteiger partial charge in [0.15, 0.2) is 0 Å². The molecule has 1 aromatic heterocycles. The van der Waals surface area contributed by atoms with Gasteiger partial charge in [0.25, 0.3) is 0 Å². The summed E-state index contributed by atoms with van der Waals surface area (Å²) < 4.78 is 12.8. The summed E-state index contributed by atoms with van der Waals surface area (Å²) in [5.41, 5.74) is 0.159. The van der Waals surface area contributed by atoms with Crippen LogP contribution in [-0.2, 0) is 19.3 Å². The molecule has 3 heteroatoms. The van der Waals surface area contributed by atoms with E-state index >= 15 is 0 Å². The molecule has 1 heterocycles. The monoisotopic (exact) mass is 278 g/mol. The van der Waals surface area contributed by atoms with Crippen LogP contribution in [0.5, 0.6) is 0 Å². The maximum absolute atomic E-state index is 12.8. The molecule has 0 saturated heterocycles. The van der Waals surface area contributed by atoms with Crippen molar-refractivity contribution in [2.24, 2.45) is 0 Å². The van der Waals surface area contributed by atoms with Crippen molar-refractivity contribution >= 4 is 11.3 Å². The lowest BCUT2D eigenvalue weighted by molar-refractivity contribution is 0.0616. The predicted molar refractivity (Wildman–Crippen MR) is 78.1 cm³/mol. The number of benzene rings is 1. The zero-order chi connectivity index (χ0) is 13.9. The summed E-state index contributed by atoms with van der Waals surface area (Å²) in [6.45, 7) is 3.97. The lowest BCUT2D eigenvalue weighted by atomic mass is 9.92. The molecule has 0 saturated carbocycles. The second-order valence-electron chi connectivity index (χ2n) is 5.20. The first kappa shape index (κ1) is 14.2. The summed E-state index contributed by atoms with van der Waals surface area (Å²) in [4.78, 5) is 2.54. The van der Waals surface area contributed by atoms with Gasteiger partial charge in [0, 0.05) is 22.6 Å². The Kier molecular flexibility index (Phi) is 4.38. The van der Waals surface area contributed by atoms with Crippen LogP contribution in [0.25, 0.3) is 0 Å². The molecule has 0 aliphatic carbocycles. The molecule has 2 aromatic rings. The van der Waals surface area contributed by atoms with Crippen LogP contribution >= 0.6 is 11.3 Å². The van der Waals surface area contributed by atoms with Crippen LogP contribution in [0.1, 0.15) is 29.2 Å². The lowest BCUT2D eigenvalue weighted by Crippen LogP contribution is -2.29. The molecule has 0 radical (unpaired) electrons. The van der Waals surface area contributed by atoms with Crippen molar-refractivity contribution in [2.75, 3.05) is 0 Å². The molecule has 19 heavy (non-hydrogen) atoms. The molecule has 1 unspecified atom stereocenters. The van der Waals surface area contributed by atoms with E-state index in [0.29, 0.717) is 12.8 Å². The fourth-order valence-corrected chi connectivity index (χ4v) is 3.32. The maximum Gasteiger partial charge on any atom is 0.123 e. The first-order valence-electron chi connectivity index (χ1n) is 6.53. The number of thiophene rings is 1. The molecule has 1 N–H and O–H groups in total. The van der Waals surface area contributed by atoms with Crippen LogP contribution in [0, 0.1) is 5.82 Å². The standard InChI is InChI=1S/C16H19FOS/c1-3-14-8-9-15(19-14)11-16(2,18)10-12-4-6-13(17)7-5-12/h4-9,18H,3,10-11H2,1-2H3. The van der Waals surface area contributed by atoms with Crippen molar-refractivity contribution in [1.82, 2.24) is 0 Å². The molecule has 0 spiro atoms. The van der Waals surface area contributed by atoms with Gasteiger partial charge < -0.3 is 5.11 Å². The highest BCUT2D eigenvalue weighted by Crippen LogP contribution is 2.24. The van der Waals surface area contributed by atoms with E-state index in [9.17, 15) is 9.50 Å². The van der Waals surface area contributed by atoms with Gasteiger partial charge in [-0.3, -0.25) is 0 Å². The third-order valence-corrected chi connectivity index (χ3v) is 4.35. The van der Waals surface area contributed by atoms with Gasteiger partial charge in [-0.15, -0.1) is 11.3 Å². The molecule has 102 valence electrons. The average molecular weight is 278 g/mol. The first-order valence-corrected chi connectivity index (χ1v) is 7.34. The van der Waals surface area contributed by atoms with Crippen LogP contribution in [0.4, 0.5) is 4.39 Å². The van der Waals surface area contributed by atoms with Crippen molar-refractivity contribution in [3.8, 4) is 0 Å². The summed E-state index contributed by atoms with van der Waals surface area (Å²) in [5.74, 6) is -0.241. The highest BCUT2D eigenvalue weighted by molar-refractivity contribution is 7.12. The second-order valence-corrected chi connectivity index (χ2v) is 6.45. The van der Waals surface area contributed by atoms with Gasteiger partial charge in [-0.25, -0.2) is 4.39 Å². The van der Waals surface area contributed by atoms with E-state index in [2.05, 4.69) is 19.1 Å². The normalized spacial score (nSPS) is 14.3. The van der Waals surface area contributed by atoms with E-state index < -0.39 is 5.60 Å². The van der Waals surface area contributed by atoms with Gasteiger partial charge in [-0.1, -0.05) is 19.1 Å². The number of rotatable bonds is 5. The largest absolute Gasteiger partial charge is 0.389 e. The minimum absolute atomic E-state index is 0.241. The average Bonchev–Trinajstić information content (AvgIpc) is 2.78. The van der Waals surface area contributed by atoms with Gasteiger partial charge in [0.1, 0.15) is 5.82 Å². The molecule has 2 rings (SSSR count). The van der Waals surface area contributed by atoms with Crippen LogP contribution in [0.15, 0.2) is 36.4 Å².